The first-order chi connectivity index (χ1) is 4.31. The number of hydrogen-bond acceptors (Lipinski definition) is 2. The SMILES string of the molecule is CCOOCC(C)CC. The molecule has 1 atom stereocenters. The van der Waals surface area contributed by atoms with Crippen molar-refractivity contribution in [2.45, 2.75) is 27.2 Å². The molecule has 0 spiro atoms. The highest BCUT2D eigenvalue weighted by molar-refractivity contribution is 4.43. The van der Waals surface area contributed by atoms with Gasteiger partial charge < -0.3 is 0 Å². The first-order valence-corrected chi connectivity index (χ1v) is 3.55. The van der Waals surface area contributed by atoms with E-state index in [9.17, 15) is 0 Å². The molecule has 0 N–H and O–H groups in total. The van der Waals surface area contributed by atoms with Crippen molar-refractivity contribution in [3.05, 3.63) is 0 Å². The fourth-order valence-electron chi connectivity index (χ4n) is 0.365. The quantitative estimate of drug-likeness (QED) is 0.323. The van der Waals surface area contributed by atoms with Crippen molar-refractivity contribution < 1.29 is 9.78 Å². The van der Waals surface area contributed by atoms with Crippen LogP contribution in [0.3, 0.4) is 0 Å². The Bertz CT molecular complexity index is 54.9. The molecule has 2 heteroatoms. The van der Waals surface area contributed by atoms with Gasteiger partial charge in [0.15, 0.2) is 0 Å². The van der Waals surface area contributed by atoms with Crippen LogP contribution in [0.5, 0.6) is 0 Å². The minimum absolute atomic E-state index is 0.608. The van der Waals surface area contributed by atoms with Crippen LogP contribution in [0.2, 0.25) is 0 Å². The summed E-state index contributed by atoms with van der Waals surface area (Å²) in [5, 5.41) is 0. The Morgan fingerprint density at radius 3 is 2.33 bits per heavy atom. The molecule has 0 aliphatic heterocycles. The number of rotatable bonds is 5. The molecule has 0 aliphatic carbocycles. The summed E-state index contributed by atoms with van der Waals surface area (Å²) in [5.74, 6) is 0.608. The van der Waals surface area contributed by atoms with Crippen LogP contribution in [-0.2, 0) is 9.78 Å². The van der Waals surface area contributed by atoms with Crippen molar-refractivity contribution in [1.82, 2.24) is 0 Å². The molecule has 0 aromatic carbocycles. The predicted molar refractivity (Wildman–Crippen MR) is 37.0 cm³/mol. The second-order valence-electron chi connectivity index (χ2n) is 2.20. The van der Waals surface area contributed by atoms with Crippen LogP contribution in [0.4, 0.5) is 0 Å². The van der Waals surface area contributed by atoms with Crippen molar-refractivity contribution >= 4 is 0 Å². The minimum Gasteiger partial charge on any atom is -0.237 e. The highest BCUT2D eigenvalue weighted by Gasteiger charge is 1.96. The lowest BCUT2D eigenvalue weighted by Crippen LogP contribution is -2.04. The third kappa shape index (κ3) is 5.80. The zero-order chi connectivity index (χ0) is 7.11. The average Bonchev–Trinajstić information content (AvgIpc) is 1.89. The summed E-state index contributed by atoms with van der Waals surface area (Å²) in [7, 11) is 0. The van der Waals surface area contributed by atoms with E-state index >= 15 is 0 Å². The van der Waals surface area contributed by atoms with Crippen molar-refractivity contribution in [2.24, 2.45) is 5.92 Å². The van der Waals surface area contributed by atoms with E-state index in [-0.39, 0.29) is 0 Å². The zero-order valence-corrected chi connectivity index (χ0v) is 6.52. The van der Waals surface area contributed by atoms with Gasteiger partial charge in [-0.1, -0.05) is 20.3 Å². The van der Waals surface area contributed by atoms with E-state index < -0.39 is 0 Å². The second-order valence-corrected chi connectivity index (χ2v) is 2.20. The van der Waals surface area contributed by atoms with E-state index in [1.165, 1.54) is 0 Å². The maximum Gasteiger partial charge on any atom is 0.0847 e. The molecule has 1 unspecified atom stereocenters. The number of hydrogen-bond donors (Lipinski definition) is 0. The molecule has 0 amide bonds. The molecule has 0 bridgehead atoms. The lowest BCUT2D eigenvalue weighted by atomic mass is 10.1. The van der Waals surface area contributed by atoms with Crippen molar-refractivity contribution in [3.63, 3.8) is 0 Å². The molecule has 0 rings (SSSR count). The van der Waals surface area contributed by atoms with Gasteiger partial charge in [-0.2, -0.15) is 0 Å². The molecule has 0 aliphatic rings. The summed E-state index contributed by atoms with van der Waals surface area (Å²) in [5.41, 5.74) is 0. The Kier molecular flexibility index (Phi) is 5.99. The largest absolute Gasteiger partial charge is 0.237 e. The Labute approximate surface area is 57.1 Å². The monoisotopic (exact) mass is 132 g/mol. The molecular weight excluding hydrogens is 116 g/mol. The van der Waals surface area contributed by atoms with Crippen molar-refractivity contribution in [1.29, 1.82) is 0 Å². The van der Waals surface area contributed by atoms with Crippen LogP contribution in [0, 0.1) is 5.92 Å². The van der Waals surface area contributed by atoms with Gasteiger partial charge >= 0.3 is 0 Å². The Hall–Kier alpha value is -0.0800. The fourth-order valence-corrected chi connectivity index (χ4v) is 0.365. The average molecular weight is 132 g/mol. The van der Waals surface area contributed by atoms with Gasteiger partial charge in [0.25, 0.3) is 0 Å². The fraction of sp³-hybridized carbons (Fsp3) is 1.00. The Balaban J connectivity index is 2.88. The van der Waals surface area contributed by atoms with E-state index in [1.54, 1.807) is 0 Å². The molecule has 0 saturated carbocycles. The maximum absolute atomic E-state index is 4.84. The summed E-state index contributed by atoms with van der Waals surface area (Å²) < 4.78 is 0. The van der Waals surface area contributed by atoms with Gasteiger partial charge in [-0.3, -0.25) is 0 Å². The first-order valence-electron chi connectivity index (χ1n) is 3.55. The van der Waals surface area contributed by atoms with E-state index in [0.29, 0.717) is 19.1 Å². The second kappa shape index (κ2) is 6.05. The van der Waals surface area contributed by atoms with Gasteiger partial charge in [0.1, 0.15) is 0 Å². The molecule has 56 valence electrons. The summed E-state index contributed by atoms with van der Waals surface area (Å²) in [6.07, 6.45) is 1.15. The van der Waals surface area contributed by atoms with Crippen LogP contribution in [0.25, 0.3) is 0 Å². The highest BCUT2D eigenvalue weighted by Crippen LogP contribution is 1.99. The van der Waals surface area contributed by atoms with Crippen LogP contribution >= 0.6 is 0 Å². The summed E-state index contributed by atoms with van der Waals surface area (Å²) in [6.45, 7) is 7.54. The smallest absolute Gasteiger partial charge is 0.0847 e. The molecule has 0 aromatic rings. The normalized spacial score (nSPS) is 13.7. The molecule has 2 nitrogen and oxygen atoms in total. The summed E-state index contributed by atoms with van der Waals surface area (Å²) in [6, 6.07) is 0. The van der Waals surface area contributed by atoms with Crippen LogP contribution < -0.4 is 0 Å². The van der Waals surface area contributed by atoms with Gasteiger partial charge in [-0.05, 0) is 12.8 Å². The topological polar surface area (TPSA) is 18.5 Å². The molecule has 0 aromatic heterocycles. The lowest BCUT2D eigenvalue weighted by Gasteiger charge is -2.06. The lowest BCUT2D eigenvalue weighted by molar-refractivity contribution is -0.297. The van der Waals surface area contributed by atoms with Gasteiger partial charge in [0, 0.05) is 0 Å². The standard InChI is InChI=1S/C7H16O2/c1-4-7(3)6-9-8-5-2/h7H,4-6H2,1-3H3. The van der Waals surface area contributed by atoms with Crippen LogP contribution in [0.1, 0.15) is 27.2 Å². The first kappa shape index (κ1) is 8.92. The molecule has 0 saturated heterocycles. The third-order valence-corrected chi connectivity index (χ3v) is 1.25. The van der Waals surface area contributed by atoms with Crippen LogP contribution in [0.15, 0.2) is 0 Å². The Morgan fingerprint density at radius 2 is 1.89 bits per heavy atom. The van der Waals surface area contributed by atoms with Gasteiger partial charge in [-0.15, -0.1) is 0 Å². The van der Waals surface area contributed by atoms with Gasteiger partial charge in [0.2, 0.25) is 0 Å². The molecular formula is C7H16O2. The third-order valence-electron chi connectivity index (χ3n) is 1.25. The van der Waals surface area contributed by atoms with Crippen molar-refractivity contribution in [2.75, 3.05) is 13.2 Å². The van der Waals surface area contributed by atoms with Gasteiger partial charge in [-0.25, -0.2) is 9.78 Å². The molecule has 0 heterocycles. The highest BCUT2D eigenvalue weighted by atomic mass is 17.2. The molecule has 0 radical (unpaired) electrons. The zero-order valence-electron chi connectivity index (χ0n) is 6.52. The molecule has 9 heavy (non-hydrogen) atoms. The van der Waals surface area contributed by atoms with Gasteiger partial charge in [0.05, 0.1) is 13.2 Å². The Morgan fingerprint density at radius 1 is 1.22 bits per heavy atom. The van der Waals surface area contributed by atoms with E-state index in [0.717, 1.165) is 6.42 Å². The van der Waals surface area contributed by atoms with Crippen molar-refractivity contribution in [3.8, 4) is 0 Å². The van der Waals surface area contributed by atoms with E-state index in [4.69, 9.17) is 9.78 Å². The van der Waals surface area contributed by atoms with E-state index in [1.807, 2.05) is 6.92 Å². The molecule has 0 fully saturated rings. The summed E-state index contributed by atoms with van der Waals surface area (Å²) in [4.78, 5) is 9.54. The van der Waals surface area contributed by atoms with E-state index in [2.05, 4.69) is 13.8 Å². The predicted octanol–water partition coefficient (Wildman–Crippen LogP) is 2.00. The summed E-state index contributed by atoms with van der Waals surface area (Å²) >= 11 is 0. The van der Waals surface area contributed by atoms with Crippen LogP contribution in [-0.4, -0.2) is 13.2 Å². The maximum atomic E-state index is 4.84. The minimum atomic E-state index is 0.608.